The highest BCUT2D eigenvalue weighted by Crippen LogP contribution is 2.40. The lowest BCUT2D eigenvalue weighted by Crippen LogP contribution is -2.03. The smallest absolute Gasteiger partial charge is 0.135 e. The van der Waals surface area contributed by atoms with Crippen molar-refractivity contribution < 1.29 is 0 Å². The standard InChI is InChI=1S/C16H19N3S/c1-3-17-14-10-15(19-16(18-14)12-8-9-12)20-13-7-5-4-6-11(13)2/h4-7,10,12H,3,8-9H2,1-2H3,(H,17,18,19). The van der Waals surface area contributed by atoms with Gasteiger partial charge in [-0.3, -0.25) is 0 Å². The van der Waals surface area contributed by atoms with Gasteiger partial charge in [-0.25, -0.2) is 9.97 Å². The number of nitrogens with one attached hydrogen (secondary N) is 1. The van der Waals surface area contributed by atoms with Crippen molar-refractivity contribution in [2.24, 2.45) is 0 Å². The van der Waals surface area contributed by atoms with Crippen molar-refractivity contribution in [3.63, 3.8) is 0 Å². The lowest BCUT2D eigenvalue weighted by Gasteiger charge is -2.09. The van der Waals surface area contributed by atoms with Crippen molar-refractivity contribution in [2.45, 2.75) is 42.5 Å². The second-order valence-corrected chi connectivity index (χ2v) is 6.18. The molecule has 104 valence electrons. The van der Waals surface area contributed by atoms with Crippen molar-refractivity contribution in [2.75, 3.05) is 11.9 Å². The van der Waals surface area contributed by atoms with Gasteiger partial charge < -0.3 is 5.32 Å². The molecule has 2 aromatic rings. The van der Waals surface area contributed by atoms with Crippen molar-refractivity contribution in [1.82, 2.24) is 9.97 Å². The number of nitrogens with zero attached hydrogens (tertiary/aromatic N) is 2. The average molecular weight is 285 g/mol. The number of anilines is 1. The van der Waals surface area contributed by atoms with Crippen LogP contribution >= 0.6 is 11.8 Å². The van der Waals surface area contributed by atoms with Crippen LogP contribution in [0.2, 0.25) is 0 Å². The summed E-state index contributed by atoms with van der Waals surface area (Å²) in [7, 11) is 0. The Labute approximate surface area is 124 Å². The van der Waals surface area contributed by atoms with Crippen LogP contribution in [0.1, 0.15) is 37.1 Å². The number of benzene rings is 1. The quantitative estimate of drug-likeness (QED) is 0.834. The minimum Gasteiger partial charge on any atom is -0.370 e. The summed E-state index contributed by atoms with van der Waals surface area (Å²) in [5.74, 6) is 2.52. The van der Waals surface area contributed by atoms with E-state index in [0.717, 1.165) is 23.2 Å². The van der Waals surface area contributed by atoms with E-state index in [2.05, 4.69) is 48.4 Å². The maximum Gasteiger partial charge on any atom is 0.135 e. The summed E-state index contributed by atoms with van der Waals surface area (Å²) < 4.78 is 0. The Balaban J connectivity index is 1.89. The summed E-state index contributed by atoms with van der Waals surface area (Å²) in [5, 5.41) is 4.34. The minimum absolute atomic E-state index is 0.574. The molecule has 0 amide bonds. The monoisotopic (exact) mass is 285 g/mol. The van der Waals surface area contributed by atoms with Gasteiger partial charge in [-0.05, 0) is 38.3 Å². The van der Waals surface area contributed by atoms with Gasteiger partial charge in [-0.1, -0.05) is 30.0 Å². The van der Waals surface area contributed by atoms with E-state index in [1.54, 1.807) is 11.8 Å². The molecule has 1 aliphatic rings. The van der Waals surface area contributed by atoms with Crippen LogP contribution < -0.4 is 5.32 Å². The Bertz CT molecular complexity index is 608. The third-order valence-electron chi connectivity index (χ3n) is 3.33. The molecule has 1 heterocycles. The molecule has 0 aliphatic heterocycles. The first kappa shape index (κ1) is 13.4. The van der Waals surface area contributed by atoms with Crippen LogP contribution in [0.5, 0.6) is 0 Å². The molecular weight excluding hydrogens is 266 g/mol. The maximum absolute atomic E-state index is 4.73. The number of hydrogen-bond acceptors (Lipinski definition) is 4. The van der Waals surface area contributed by atoms with Gasteiger partial charge in [0.15, 0.2) is 0 Å². The molecule has 0 spiro atoms. The maximum atomic E-state index is 4.73. The van der Waals surface area contributed by atoms with Gasteiger partial charge >= 0.3 is 0 Å². The molecule has 0 bridgehead atoms. The second-order valence-electron chi connectivity index (χ2n) is 5.12. The van der Waals surface area contributed by atoms with Gasteiger partial charge in [0.1, 0.15) is 16.7 Å². The predicted molar refractivity (Wildman–Crippen MR) is 83.5 cm³/mol. The van der Waals surface area contributed by atoms with Crippen molar-refractivity contribution >= 4 is 17.6 Å². The molecule has 1 saturated carbocycles. The summed E-state index contributed by atoms with van der Waals surface area (Å²) in [6.45, 7) is 5.11. The number of hydrogen-bond donors (Lipinski definition) is 1. The fraction of sp³-hybridized carbons (Fsp3) is 0.375. The topological polar surface area (TPSA) is 37.8 Å². The molecule has 1 aromatic heterocycles. The highest BCUT2D eigenvalue weighted by Gasteiger charge is 2.27. The van der Waals surface area contributed by atoms with Gasteiger partial charge in [0.25, 0.3) is 0 Å². The lowest BCUT2D eigenvalue weighted by atomic mass is 10.2. The van der Waals surface area contributed by atoms with E-state index in [-0.39, 0.29) is 0 Å². The van der Waals surface area contributed by atoms with E-state index in [4.69, 9.17) is 4.98 Å². The van der Waals surface area contributed by atoms with Gasteiger partial charge in [-0.2, -0.15) is 0 Å². The Morgan fingerprint density at radius 1 is 1.25 bits per heavy atom. The summed E-state index contributed by atoms with van der Waals surface area (Å²) in [6.07, 6.45) is 2.45. The normalized spacial score (nSPS) is 14.3. The third kappa shape index (κ3) is 3.12. The van der Waals surface area contributed by atoms with Crippen LogP contribution in [0.25, 0.3) is 0 Å². The highest BCUT2D eigenvalue weighted by atomic mass is 32.2. The van der Waals surface area contributed by atoms with Crippen molar-refractivity contribution in [1.29, 1.82) is 0 Å². The van der Waals surface area contributed by atoms with Crippen molar-refractivity contribution in [3.8, 4) is 0 Å². The first-order valence-electron chi connectivity index (χ1n) is 7.12. The Kier molecular flexibility index (Phi) is 3.92. The summed E-state index contributed by atoms with van der Waals surface area (Å²) in [5.41, 5.74) is 1.29. The van der Waals surface area contributed by atoms with Gasteiger partial charge in [-0.15, -0.1) is 0 Å². The van der Waals surface area contributed by atoms with Crippen LogP contribution in [0.3, 0.4) is 0 Å². The molecule has 3 nitrogen and oxygen atoms in total. The number of aromatic nitrogens is 2. The lowest BCUT2D eigenvalue weighted by molar-refractivity contribution is 0.876. The van der Waals surface area contributed by atoms with Crippen LogP contribution in [-0.4, -0.2) is 16.5 Å². The van der Waals surface area contributed by atoms with E-state index in [0.29, 0.717) is 5.92 Å². The summed E-state index contributed by atoms with van der Waals surface area (Å²) in [6, 6.07) is 10.5. The zero-order valence-corrected chi connectivity index (χ0v) is 12.7. The fourth-order valence-corrected chi connectivity index (χ4v) is 2.99. The van der Waals surface area contributed by atoms with E-state index in [1.165, 1.54) is 23.3 Å². The van der Waals surface area contributed by atoms with Crippen LogP contribution in [-0.2, 0) is 0 Å². The number of rotatable bonds is 5. The largest absolute Gasteiger partial charge is 0.370 e. The Morgan fingerprint density at radius 3 is 2.75 bits per heavy atom. The molecule has 0 atom stereocenters. The van der Waals surface area contributed by atoms with Crippen LogP contribution in [0.4, 0.5) is 5.82 Å². The highest BCUT2D eigenvalue weighted by molar-refractivity contribution is 7.99. The Morgan fingerprint density at radius 2 is 2.05 bits per heavy atom. The van der Waals surface area contributed by atoms with E-state index >= 15 is 0 Å². The molecule has 0 radical (unpaired) electrons. The summed E-state index contributed by atoms with van der Waals surface area (Å²) in [4.78, 5) is 10.6. The molecule has 0 unspecified atom stereocenters. The first-order valence-corrected chi connectivity index (χ1v) is 7.94. The van der Waals surface area contributed by atoms with Crippen LogP contribution in [0.15, 0.2) is 40.3 Å². The Hall–Kier alpha value is -1.55. The molecule has 0 saturated heterocycles. The molecule has 3 rings (SSSR count). The van der Waals surface area contributed by atoms with E-state index in [1.807, 2.05) is 6.07 Å². The molecular formula is C16H19N3S. The zero-order valence-electron chi connectivity index (χ0n) is 11.9. The molecule has 1 aliphatic carbocycles. The first-order chi connectivity index (χ1) is 9.76. The molecule has 20 heavy (non-hydrogen) atoms. The minimum atomic E-state index is 0.574. The SMILES string of the molecule is CCNc1cc(Sc2ccccc2C)nc(C2CC2)n1. The molecule has 4 heteroatoms. The van der Waals surface area contributed by atoms with E-state index < -0.39 is 0 Å². The van der Waals surface area contributed by atoms with Crippen molar-refractivity contribution in [3.05, 3.63) is 41.7 Å². The second kappa shape index (κ2) is 5.83. The van der Waals surface area contributed by atoms with Gasteiger partial charge in [0, 0.05) is 23.4 Å². The average Bonchev–Trinajstić information content (AvgIpc) is 3.26. The van der Waals surface area contributed by atoms with Crippen LogP contribution in [0, 0.1) is 6.92 Å². The zero-order chi connectivity index (χ0) is 13.9. The van der Waals surface area contributed by atoms with Gasteiger partial charge in [0.2, 0.25) is 0 Å². The molecule has 1 N–H and O–H groups in total. The predicted octanol–water partition coefficient (Wildman–Crippen LogP) is 4.25. The van der Waals surface area contributed by atoms with E-state index in [9.17, 15) is 0 Å². The fourth-order valence-electron chi connectivity index (χ4n) is 2.07. The number of aryl methyl sites for hydroxylation is 1. The molecule has 1 aromatic carbocycles. The summed E-state index contributed by atoms with van der Waals surface area (Å²) >= 11 is 1.72. The third-order valence-corrected chi connectivity index (χ3v) is 4.42. The van der Waals surface area contributed by atoms with Gasteiger partial charge in [0.05, 0.1) is 0 Å². The molecule has 1 fully saturated rings.